The molecule has 0 bridgehead atoms. The van der Waals surface area contributed by atoms with Gasteiger partial charge in [0.25, 0.3) is 5.91 Å². The molecule has 0 aliphatic heterocycles. The van der Waals surface area contributed by atoms with Gasteiger partial charge in [0.05, 0.1) is 16.3 Å². The standard InChI is InChI=1S/C18H12N6S.C17H12N4OS/c1-2-4-11(5-3-1)14-15(17-21-10-22-24-17)25-18(23-14)13-7-9-20-16-12(13)6-8-19-16;18-15(22)14-13(10-4-2-1-3-5-10)21-17(23-14)12-7-9-20-16-11(12)6-8-19-16/h1-10H,(H,19,20)(H,21,22,24);1-9H,(H2,18,22)(H,19,20). The zero-order valence-corrected chi connectivity index (χ0v) is 26.6. The molecule has 0 fully saturated rings. The molecule has 0 saturated heterocycles. The van der Waals surface area contributed by atoms with Crippen molar-refractivity contribution in [1.29, 1.82) is 0 Å². The maximum Gasteiger partial charge on any atom is 0.261 e. The molecular formula is C35H24N10OS2. The van der Waals surface area contributed by atoms with Crippen LogP contribution in [0.3, 0.4) is 0 Å². The van der Waals surface area contributed by atoms with Gasteiger partial charge >= 0.3 is 0 Å². The first kappa shape index (κ1) is 29.1. The minimum Gasteiger partial charge on any atom is -0.365 e. The molecule has 1 amide bonds. The normalized spacial score (nSPS) is 11.1. The Labute approximate surface area is 280 Å². The first-order valence-corrected chi connectivity index (χ1v) is 16.4. The average molecular weight is 665 g/mol. The van der Waals surface area contributed by atoms with Crippen LogP contribution in [0.4, 0.5) is 0 Å². The van der Waals surface area contributed by atoms with E-state index in [1.165, 1.54) is 17.7 Å². The maximum absolute atomic E-state index is 11.8. The molecule has 2 aromatic carbocycles. The van der Waals surface area contributed by atoms with E-state index in [1.807, 2.05) is 85.2 Å². The number of rotatable bonds is 6. The summed E-state index contributed by atoms with van der Waals surface area (Å²) in [5.41, 5.74) is 12.6. The fourth-order valence-corrected chi connectivity index (χ4v) is 7.44. The molecule has 0 saturated carbocycles. The second-order valence-electron chi connectivity index (χ2n) is 10.5. The van der Waals surface area contributed by atoms with Crippen molar-refractivity contribution in [2.75, 3.05) is 0 Å². The summed E-state index contributed by atoms with van der Waals surface area (Å²) in [6, 6.07) is 27.6. The predicted molar refractivity (Wildman–Crippen MR) is 189 cm³/mol. The van der Waals surface area contributed by atoms with Gasteiger partial charge in [-0.3, -0.25) is 9.89 Å². The fourth-order valence-electron chi connectivity index (χ4n) is 5.39. The number of benzene rings is 2. The number of pyridine rings is 2. The van der Waals surface area contributed by atoms with Gasteiger partial charge in [-0.15, -0.1) is 22.7 Å². The highest BCUT2D eigenvalue weighted by Crippen LogP contribution is 2.41. The minimum atomic E-state index is -0.466. The monoisotopic (exact) mass is 664 g/mol. The zero-order chi connectivity index (χ0) is 32.5. The number of hydrogen-bond acceptors (Lipinski definition) is 9. The summed E-state index contributed by atoms with van der Waals surface area (Å²) in [7, 11) is 0. The molecule has 7 heterocycles. The van der Waals surface area contributed by atoms with Gasteiger partial charge in [-0.25, -0.2) is 24.9 Å². The summed E-state index contributed by atoms with van der Waals surface area (Å²) in [5, 5.41) is 10.6. The number of H-pyrrole nitrogens is 3. The van der Waals surface area contributed by atoms with Crippen LogP contribution in [0, 0.1) is 0 Å². The first-order chi connectivity index (χ1) is 23.6. The van der Waals surface area contributed by atoms with E-state index >= 15 is 0 Å². The van der Waals surface area contributed by atoms with Crippen molar-refractivity contribution >= 4 is 50.6 Å². The van der Waals surface area contributed by atoms with Crippen molar-refractivity contribution in [2.45, 2.75) is 0 Å². The van der Waals surface area contributed by atoms with E-state index in [9.17, 15) is 4.79 Å². The first-order valence-electron chi connectivity index (χ1n) is 14.8. The van der Waals surface area contributed by atoms with Crippen LogP contribution in [-0.4, -0.2) is 51.0 Å². The van der Waals surface area contributed by atoms with Crippen LogP contribution in [0.15, 0.2) is 116 Å². The van der Waals surface area contributed by atoms with Crippen LogP contribution < -0.4 is 5.73 Å². The lowest BCUT2D eigenvalue weighted by atomic mass is 10.1. The van der Waals surface area contributed by atoms with Crippen LogP contribution in [-0.2, 0) is 0 Å². The number of amides is 1. The van der Waals surface area contributed by atoms with E-state index in [0.717, 1.165) is 70.7 Å². The Morgan fingerprint density at radius 1 is 0.646 bits per heavy atom. The van der Waals surface area contributed by atoms with Crippen molar-refractivity contribution in [3.63, 3.8) is 0 Å². The molecule has 48 heavy (non-hydrogen) atoms. The second-order valence-corrected chi connectivity index (χ2v) is 12.5. The van der Waals surface area contributed by atoms with E-state index < -0.39 is 5.91 Å². The molecule has 0 radical (unpaired) electrons. The number of nitrogens with one attached hydrogen (secondary N) is 3. The lowest BCUT2D eigenvalue weighted by Crippen LogP contribution is -2.10. The Kier molecular flexibility index (Phi) is 7.57. The molecule has 13 heteroatoms. The van der Waals surface area contributed by atoms with Crippen molar-refractivity contribution < 1.29 is 4.79 Å². The van der Waals surface area contributed by atoms with Gasteiger partial charge in [0.1, 0.15) is 32.5 Å². The Morgan fingerprint density at radius 2 is 1.21 bits per heavy atom. The van der Waals surface area contributed by atoms with Gasteiger partial charge in [0.2, 0.25) is 0 Å². The fraction of sp³-hybridized carbons (Fsp3) is 0. The van der Waals surface area contributed by atoms with E-state index in [1.54, 1.807) is 23.7 Å². The number of nitrogens with zero attached hydrogens (tertiary/aromatic N) is 6. The minimum absolute atomic E-state index is 0.465. The molecule has 7 aromatic heterocycles. The number of carbonyl (C=O) groups is 1. The second kappa shape index (κ2) is 12.5. The summed E-state index contributed by atoms with van der Waals surface area (Å²) in [4.78, 5) is 42.0. The highest BCUT2D eigenvalue weighted by molar-refractivity contribution is 7.19. The quantitative estimate of drug-likeness (QED) is 0.142. The van der Waals surface area contributed by atoms with Crippen LogP contribution >= 0.6 is 22.7 Å². The molecule has 0 spiro atoms. The number of aromatic nitrogens is 9. The van der Waals surface area contributed by atoms with Crippen LogP contribution in [0.25, 0.3) is 76.4 Å². The van der Waals surface area contributed by atoms with Gasteiger partial charge in [-0.1, -0.05) is 60.7 Å². The molecule has 0 unspecified atom stereocenters. The van der Waals surface area contributed by atoms with E-state index in [-0.39, 0.29) is 0 Å². The Morgan fingerprint density at radius 3 is 1.77 bits per heavy atom. The third kappa shape index (κ3) is 5.42. The summed E-state index contributed by atoms with van der Waals surface area (Å²) >= 11 is 2.90. The topological polar surface area (TPSA) is 168 Å². The zero-order valence-electron chi connectivity index (χ0n) is 25.0. The SMILES string of the molecule is NC(=O)c1sc(-c2ccnc3[nH]ccc23)nc1-c1ccccc1.c1ccc(-c2nc(-c3ccnc4[nH]ccc34)sc2-c2ncn[nH]2)cc1. The summed E-state index contributed by atoms with van der Waals surface area (Å²) < 4.78 is 0. The van der Waals surface area contributed by atoms with Gasteiger partial charge in [0.15, 0.2) is 5.82 Å². The van der Waals surface area contributed by atoms with Crippen molar-refractivity contribution in [3.05, 3.63) is 121 Å². The van der Waals surface area contributed by atoms with Gasteiger partial charge in [-0.05, 0) is 24.3 Å². The van der Waals surface area contributed by atoms with Crippen molar-refractivity contribution in [1.82, 2.24) is 45.1 Å². The maximum atomic E-state index is 11.8. The van der Waals surface area contributed by atoms with Crippen molar-refractivity contribution in [3.8, 4) is 54.4 Å². The van der Waals surface area contributed by atoms with Gasteiger partial charge in [0, 0.05) is 57.8 Å². The number of aromatic amines is 3. The number of nitrogens with two attached hydrogens (primary N) is 1. The molecular weight excluding hydrogens is 641 g/mol. The van der Waals surface area contributed by atoms with Crippen LogP contribution in [0.5, 0.6) is 0 Å². The molecule has 9 rings (SSSR count). The Bertz CT molecular complexity index is 2500. The average Bonchev–Trinajstić information content (AvgIpc) is 3.97. The number of hydrogen-bond donors (Lipinski definition) is 4. The number of thiazole rings is 2. The van der Waals surface area contributed by atoms with Crippen LogP contribution in [0.2, 0.25) is 0 Å². The van der Waals surface area contributed by atoms with Crippen molar-refractivity contribution in [2.24, 2.45) is 5.73 Å². The van der Waals surface area contributed by atoms with Gasteiger partial charge < -0.3 is 15.7 Å². The van der Waals surface area contributed by atoms with E-state index in [4.69, 9.17) is 10.7 Å². The Hall–Kier alpha value is -6.31. The lowest BCUT2D eigenvalue weighted by molar-refractivity contribution is 0.100. The molecule has 0 atom stereocenters. The predicted octanol–water partition coefficient (Wildman–Crippen LogP) is 7.59. The highest BCUT2D eigenvalue weighted by atomic mass is 32.1. The number of carbonyl (C=O) groups excluding carboxylic acids is 1. The van der Waals surface area contributed by atoms with Crippen LogP contribution in [0.1, 0.15) is 9.67 Å². The molecule has 5 N–H and O–H groups in total. The summed E-state index contributed by atoms with van der Waals surface area (Å²) in [6.07, 6.45) is 8.76. The third-order valence-corrected chi connectivity index (χ3v) is 9.78. The van der Waals surface area contributed by atoms with E-state index in [0.29, 0.717) is 10.6 Å². The smallest absolute Gasteiger partial charge is 0.261 e. The Balaban J connectivity index is 0.000000141. The van der Waals surface area contributed by atoms with E-state index in [2.05, 4.69) is 52.2 Å². The largest absolute Gasteiger partial charge is 0.365 e. The number of fused-ring (bicyclic) bond motifs is 2. The third-order valence-electron chi connectivity index (χ3n) is 7.58. The molecule has 9 aromatic rings. The molecule has 232 valence electrons. The molecule has 0 aliphatic carbocycles. The summed E-state index contributed by atoms with van der Waals surface area (Å²) in [5.74, 6) is 0.258. The molecule has 0 aliphatic rings. The van der Waals surface area contributed by atoms with Gasteiger partial charge in [-0.2, -0.15) is 5.10 Å². The molecule has 11 nitrogen and oxygen atoms in total. The lowest BCUT2D eigenvalue weighted by Gasteiger charge is -1.99. The number of primary amides is 1. The summed E-state index contributed by atoms with van der Waals surface area (Å²) in [6.45, 7) is 0. The highest BCUT2D eigenvalue weighted by Gasteiger charge is 2.21.